The Hall–Kier alpha value is -2.94. The van der Waals surface area contributed by atoms with Gasteiger partial charge in [0.1, 0.15) is 6.04 Å². The lowest BCUT2D eigenvalue weighted by Crippen LogP contribution is -2.48. The van der Waals surface area contributed by atoms with Crippen LogP contribution in [0.5, 0.6) is 0 Å². The van der Waals surface area contributed by atoms with Crippen LogP contribution in [-0.2, 0) is 25.7 Å². The van der Waals surface area contributed by atoms with Crippen molar-refractivity contribution in [2.24, 2.45) is 11.8 Å². The molecule has 3 atom stereocenters. The lowest BCUT2D eigenvalue weighted by Gasteiger charge is -2.21. The SMILES string of the molecule is CCCCC[C@H](C)C(=O)NCCCC[C@H](NC(=O)[C@@H](C)CCCCNC)C(=O)NCCC(=O)NCc1ccccc1. The summed E-state index contributed by atoms with van der Waals surface area (Å²) in [5.41, 5.74) is 1.01. The molecule has 0 aromatic heterocycles. The molecule has 9 heteroatoms. The maximum absolute atomic E-state index is 13.0. The summed E-state index contributed by atoms with van der Waals surface area (Å²) in [6.45, 7) is 8.08. The molecule has 0 saturated carbocycles. The van der Waals surface area contributed by atoms with Crippen LogP contribution in [0, 0.1) is 11.8 Å². The van der Waals surface area contributed by atoms with Crippen molar-refractivity contribution in [3.63, 3.8) is 0 Å². The highest BCUT2D eigenvalue weighted by Crippen LogP contribution is 2.11. The molecule has 41 heavy (non-hydrogen) atoms. The number of unbranched alkanes of at least 4 members (excludes halogenated alkanes) is 4. The molecule has 0 radical (unpaired) electrons. The molecule has 1 rings (SSSR count). The normalized spacial score (nSPS) is 13.1. The topological polar surface area (TPSA) is 128 Å². The molecular formula is C32H55N5O4. The second kappa shape index (κ2) is 22.7. The summed E-state index contributed by atoms with van der Waals surface area (Å²) in [6, 6.07) is 8.96. The van der Waals surface area contributed by atoms with Gasteiger partial charge in [0.05, 0.1) is 0 Å². The number of nitrogens with one attached hydrogen (secondary N) is 5. The smallest absolute Gasteiger partial charge is 0.242 e. The molecular weight excluding hydrogens is 518 g/mol. The van der Waals surface area contributed by atoms with Gasteiger partial charge in [0.2, 0.25) is 23.6 Å². The van der Waals surface area contributed by atoms with Crippen LogP contribution in [0.4, 0.5) is 0 Å². The Labute approximate surface area is 247 Å². The van der Waals surface area contributed by atoms with Crippen LogP contribution in [0.2, 0.25) is 0 Å². The molecule has 0 fully saturated rings. The minimum atomic E-state index is -0.682. The lowest BCUT2D eigenvalue weighted by atomic mass is 10.0. The molecule has 1 aromatic carbocycles. The molecule has 0 aliphatic rings. The van der Waals surface area contributed by atoms with Crippen molar-refractivity contribution in [3.8, 4) is 0 Å². The van der Waals surface area contributed by atoms with Gasteiger partial charge < -0.3 is 26.6 Å². The van der Waals surface area contributed by atoms with E-state index in [1.165, 1.54) is 0 Å². The van der Waals surface area contributed by atoms with Gasteiger partial charge in [-0.25, -0.2) is 0 Å². The Balaban J connectivity index is 2.52. The second-order valence-electron chi connectivity index (χ2n) is 11.0. The van der Waals surface area contributed by atoms with E-state index in [-0.39, 0.29) is 48.4 Å². The fraction of sp³-hybridized carbons (Fsp3) is 0.688. The average molecular weight is 574 g/mol. The number of amides is 4. The predicted molar refractivity (Wildman–Crippen MR) is 165 cm³/mol. The number of hydrogen-bond donors (Lipinski definition) is 5. The Morgan fingerprint density at radius 2 is 1.29 bits per heavy atom. The third-order valence-electron chi connectivity index (χ3n) is 7.29. The van der Waals surface area contributed by atoms with E-state index in [0.29, 0.717) is 32.4 Å². The maximum Gasteiger partial charge on any atom is 0.242 e. The monoisotopic (exact) mass is 573 g/mol. The van der Waals surface area contributed by atoms with Gasteiger partial charge in [0, 0.05) is 37.9 Å². The van der Waals surface area contributed by atoms with Gasteiger partial charge in [-0.05, 0) is 57.7 Å². The number of rotatable bonds is 23. The van der Waals surface area contributed by atoms with Crippen LogP contribution in [-0.4, -0.2) is 56.4 Å². The highest BCUT2D eigenvalue weighted by Gasteiger charge is 2.23. The Bertz CT molecular complexity index is 880. The molecule has 0 heterocycles. The van der Waals surface area contributed by atoms with Gasteiger partial charge in [-0.1, -0.05) is 76.8 Å². The molecule has 0 spiro atoms. The third-order valence-corrected chi connectivity index (χ3v) is 7.29. The molecule has 4 amide bonds. The number of carbonyl (C=O) groups is 4. The minimum Gasteiger partial charge on any atom is -0.356 e. The zero-order valence-electron chi connectivity index (χ0n) is 25.9. The summed E-state index contributed by atoms with van der Waals surface area (Å²) >= 11 is 0. The third kappa shape index (κ3) is 17.5. The van der Waals surface area contributed by atoms with Crippen molar-refractivity contribution in [2.45, 2.75) is 104 Å². The van der Waals surface area contributed by atoms with Gasteiger partial charge in [0.15, 0.2) is 0 Å². The summed E-state index contributed by atoms with van der Waals surface area (Å²) in [5.74, 6) is -0.696. The first-order valence-electron chi connectivity index (χ1n) is 15.6. The summed E-state index contributed by atoms with van der Waals surface area (Å²) in [6.07, 6.45) is 8.92. The highest BCUT2D eigenvalue weighted by molar-refractivity contribution is 5.88. The second-order valence-corrected chi connectivity index (χ2v) is 11.0. The van der Waals surface area contributed by atoms with Gasteiger partial charge in [-0.15, -0.1) is 0 Å². The molecule has 5 N–H and O–H groups in total. The molecule has 232 valence electrons. The van der Waals surface area contributed by atoms with E-state index in [1.54, 1.807) is 0 Å². The predicted octanol–water partition coefficient (Wildman–Crippen LogP) is 3.82. The van der Waals surface area contributed by atoms with Crippen LogP contribution in [0.1, 0.15) is 97.0 Å². The molecule has 9 nitrogen and oxygen atoms in total. The number of benzene rings is 1. The van der Waals surface area contributed by atoms with E-state index in [9.17, 15) is 19.2 Å². The van der Waals surface area contributed by atoms with Gasteiger partial charge in [-0.3, -0.25) is 19.2 Å². The van der Waals surface area contributed by atoms with Crippen molar-refractivity contribution in [1.82, 2.24) is 26.6 Å². The molecule has 1 aromatic rings. The Morgan fingerprint density at radius 1 is 0.683 bits per heavy atom. The lowest BCUT2D eigenvalue weighted by molar-refractivity contribution is -0.131. The van der Waals surface area contributed by atoms with Crippen LogP contribution in [0.3, 0.4) is 0 Å². The van der Waals surface area contributed by atoms with Crippen LogP contribution >= 0.6 is 0 Å². The molecule has 0 bridgehead atoms. The number of carbonyl (C=O) groups excluding carboxylic acids is 4. The first kappa shape index (κ1) is 36.1. The highest BCUT2D eigenvalue weighted by atomic mass is 16.2. The fourth-order valence-corrected chi connectivity index (χ4v) is 4.46. The Morgan fingerprint density at radius 3 is 1.98 bits per heavy atom. The van der Waals surface area contributed by atoms with Gasteiger partial charge in [0.25, 0.3) is 0 Å². The average Bonchev–Trinajstić information content (AvgIpc) is 2.97. The van der Waals surface area contributed by atoms with Gasteiger partial charge >= 0.3 is 0 Å². The van der Waals surface area contributed by atoms with Crippen LogP contribution in [0.15, 0.2) is 30.3 Å². The first-order valence-corrected chi connectivity index (χ1v) is 15.6. The summed E-state index contributed by atoms with van der Waals surface area (Å²) in [7, 11) is 1.91. The van der Waals surface area contributed by atoms with Crippen molar-refractivity contribution < 1.29 is 19.2 Å². The first-order chi connectivity index (χ1) is 19.8. The quantitative estimate of drug-likeness (QED) is 0.127. The summed E-state index contributed by atoms with van der Waals surface area (Å²) in [5, 5.41) is 14.7. The van der Waals surface area contributed by atoms with E-state index in [4.69, 9.17) is 0 Å². The van der Waals surface area contributed by atoms with E-state index < -0.39 is 6.04 Å². The Kier molecular flexibility index (Phi) is 20.0. The summed E-state index contributed by atoms with van der Waals surface area (Å²) < 4.78 is 0. The van der Waals surface area contributed by atoms with E-state index in [2.05, 4.69) is 33.5 Å². The van der Waals surface area contributed by atoms with E-state index >= 15 is 0 Å². The zero-order chi connectivity index (χ0) is 30.3. The van der Waals surface area contributed by atoms with Crippen molar-refractivity contribution in [2.75, 3.05) is 26.7 Å². The summed E-state index contributed by atoms with van der Waals surface area (Å²) in [4.78, 5) is 50.4. The molecule has 0 saturated heterocycles. The van der Waals surface area contributed by atoms with Crippen LogP contribution < -0.4 is 26.6 Å². The molecule has 0 unspecified atom stereocenters. The minimum absolute atomic E-state index is 0.00106. The fourth-order valence-electron chi connectivity index (χ4n) is 4.46. The standard InChI is InChI=1S/C32H55N5O4/c1-5-6-8-15-25(2)30(39)34-22-14-12-19-28(37-31(40)26(3)16-11-13-21-33-4)32(41)35-23-20-29(38)36-24-27-17-9-7-10-18-27/h7,9-10,17-18,25-26,28,33H,5-6,8,11-16,19-24H2,1-4H3,(H,34,39)(H,35,41)(H,36,38)(H,37,40)/t25-,26-,28-/m0/s1. The maximum atomic E-state index is 13.0. The van der Waals surface area contributed by atoms with Gasteiger partial charge in [-0.2, -0.15) is 0 Å². The molecule has 0 aliphatic carbocycles. The largest absolute Gasteiger partial charge is 0.356 e. The van der Waals surface area contributed by atoms with Crippen molar-refractivity contribution >= 4 is 23.6 Å². The van der Waals surface area contributed by atoms with Crippen molar-refractivity contribution in [1.29, 1.82) is 0 Å². The van der Waals surface area contributed by atoms with E-state index in [0.717, 1.165) is 57.1 Å². The number of hydrogen-bond acceptors (Lipinski definition) is 5. The van der Waals surface area contributed by atoms with Crippen molar-refractivity contribution in [3.05, 3.63) is 35.9 Å². The van der Waals surface area contributed by atoms with Crippen LogP contribution in [0.25, 0.3) is 0 Å². The molecule has 0 aliphatic heterocycles. The van der Waals surface area contributed by atoms with E-state index in [1.807, 2.05) is 51.2 Å². The zero-order valence-corrected chi connectivity index (χ0v) is 25.9.